The van der Waals surface area contributed by atoms with Crippen LogP contribution in [-0.2, 0) is 6.42 Å². The van der Waals surface area contributed by atoms with E-state index in [1.54, 1.807) is 0 Å². The largest absolute Gasteiger partial charge is 0.493 e. The minimum absolute atomic E-state index is 0.0382. The standard InChI is InChI=1S/C28H34F3NO2/c1-18-13-22-21-10-6-5-9-19(21)14-23(22)27(32(18)17-28(2,3)31)26-24(29)15-20(16-25(26)30)34-12-8-4-7-11-33/h5-6,9-10,15-16,18,27,33H,4,7-8,11-14,17H2,1-3H3/t18-,27?/m1/s1. The first-order valence-corrected chi connectivity index (χ1v) is 12.2. The van der Waals surface area contributed by atoms with Gasteiger partial charge in [0.1, 0.15) is 23.1 Å². The van der Waals surface area contributed by atoms with E-state index >= 15 is 8.78 Å². The number of ether oxygens (including phenoxy) is 1. The average molecular weight is 474 g/mol. The van der Waals surface area contributed by atoms with E-state index in [-0.39, 0.29) is 30.5 Å². The third-order valence-electron chi connectivity index (χ3n) is 6.79. The fraction of sp³-hybridized carbons (Fsp3) is 0.500. The zero-order valence-corrected chi connectivity index (χ0v) is 20.2. The quantitative estimate of drug-likeness (QED) is 0.428. The van der Waals surface area contributed by atoms with Gasteiger partial charge in [-0.3, -0.25) is 4.90 Å². The van der Waals surface area contributed by atoms with Crippen LogP contribution in [-0.4, -0.2) is 41.5 Å². The Labute approximate surface area is 200 Å². The summed E-state index contributed by atoms with van der Waals surface area (Å²) in [4.78, 5) is 1.92. The molecule has 0 radical (unpaired) electrons. The Balaban J connectivity index is 1.71. The Bertz CT molecular complexity index is 1040. The second-order valence-corrected chi connectivity index (χ2v) is 10.1. The molecule has 2 aliphatic rings. The maximum absolute atomic E-state index is 15.5. The van der Waals surface area contributed by atoms with Gasteiger partial charge in [0.25, 0.3) is 0 Å². The van der Waals surface area contributed by atoms with Crippen LogP contribution in [0.5, 0.6) is 5.75 Å². The molecule has 4 rings (SSSR count). The molecule has 0 saturated carbocycles. The second-order valence-electron chi connectivity index (χ2n) is 10.1. The molecule has 1 aliphatic heterocycles. The summed E-state index contributed by atoms with van der Waals surface area (Å²) in [6.07, 6.45) is 3.47. The first-order chi connectivity index (χ1) is 16.2. The number of fused-ring (bicyclic) bond motifs is 2. The van der Waals surface area contributed by atoms with Gasteiger partial charge in [0.05, 0.1) is 12.6 Å². The van der Waals surface area contributed by atoms with Crippen molar-refractivity contribution < 1.29 is 23.0 Å². The lowest BCUT2D eigenvalue weighted by Crippen LogP contribution is -2.47. The van der Waals surface area contributed by atoms with Gasteiger partial charge in [0.15, 0.2) is 0 Å². The molecular weight excluding hydrogens is 439 g/mol. The SMILES string of the molecule is C[C@@H]1CC2=C(Cc3ccccc32)C(c2c(F)cc(OCCCCCO)cc2F)N1CC(C)(C)F. The van der Waals surface area contributed by atoms with Crippen molar-refractivity contribution in [3.05, 3.63) is 70.3 Å². The lowest BCUT2D eigenvalue weighted by Gasteiger charge is -2.44. The minimum Gasteiger partial charge on any atom is -0.493 e. The van der Waals surface area contributed by atoms with E-state index in [1.165, 1.54) is 26.0 Å². The Morgan fingerprint density at radius 1 is 1.09 bits per heavy atom. The van der Waals surface area contributed by atoms with Crippen molar-refractivity contribution >= 4 is 5.57 Å². The minimum atomic E-state index is -1.51. The van der Waals surface area contributed by atoms with Crippen molar-refractivity contribution in [1.29, 1.82) is 0 Å². The normalized spacial score (nSPS) is 20.4. The third kappa shape index (κ3) is 5.18. The first-order valence-electron chi connectivity index (χ1n) is 12.2. The summed E-state index contributed by atoms with van der Waals surface area (Å²) >= 11 is 0. The van der Waals surface area contributed by atoms with Crippen molar-refractivity contribution in [2.75, 3.05) is 19.8 Å². The summed E-state index contributed by atoms with van der Waals surface area (Å²) in [7, 11) is 0. The van der Waals surface area contributed by atoms with Gasteiger partial charge in [0, 0.05) is 36.9 Å². The highest BCUT2D eigenvalue weighted by atomic mass is 19.1. The highest BCUT2D eigenvalue weighted by Crippen LogP contribution is 2.50. The molecule has 6 heteroatoms. The zero-order chi connectivity index (χ0) is 24.5. The van der Waals surface area contributed by atoms with Crippen molar-refractivity contribution in [1.82, 2.24) is 4.90 Å². The van der Waals surface area contributed by atoms with Gasteiger partial charge in [-0.2, -0.15) is 0 Å². The molecule has 1 aliphatic carbocycles. The molecule has 2 atom stereocenters. The summed E-state index contributed by atoms with van der Waals surface area (Å²) in [5.74, 6) is -1.20. The topological polar surface area (TPSA) is 32.7 Å². The lowest BCUT2D eigenvalue weighted by molar-refractivity contribution is 0.0676. The zero-order valence-electron chi connectivity index (χ0n) is 20.2. The van der Waals surface area contributed by atoms with Crippen molar-refractivity contribution in [2.24, 2.45) is 0 Å². The maximum Gasteiger partial charge on any atom is 0.134 e. The average Bonchev–Trinajstić information content (AvgIpc) is 3.12. The number of rotatable bonds is 9. The van der Waals surface area contributed by atoms with Crippen molar-refractivity contribution in [3.63, 3.8) is 0 Å². The number of unbranched alkanes of at least 4 members (excludes halogenated alkanes) is 2. The number of nitrogens with zero attached hydrogens (tertiary/aromatic N) is 1. The van der Waals surface area contributed by atoms with Crippen LogP contribution < -0.4 is 4.74 Å². The molecule has 0 fully saturated rings. The molecule has 0 saturated heterocycles. The van der Waals surface area contributed by atoms with E-state index in [1.807, 2.05) is 24.0 Å². The van der Waals surface area contributed by atoms with Crippen LogP contribution in [0.2, 0.25) is 0 Å². The number of aliphatic hydroxyl groups is 1. The smallest absolute Gasteiger partial charge is 0.134 e. The number of benzene rings is 2. The van der Waals surface area contributed by atoms with Gasteiger partial charge >= 0.3 is 0 Å². The molecule has 3 nitrogen and oxygen atoms in total. The first kappa shape index (κ1) is 24.8. The van der Waals surface area contributed by atoms with E-state index in [4.69, 9.17) is 9.84 Å². The summed E-state index contributed by atoms with van der Waals surface area (Å²) in [5, 5.41) is 8.87. The monoisotopic (exact) mass is 473 g/mol. The molecule has 1 unspecified atom stereocenters. The fourth-order valence-electron chi connectivity index (χ4n) is 5.33. The maximum atomic E-state index is 15.5. The Morgan fingerprint density at radius 2 is 1.79 bits per heavy atom. The predicted molar refractivity (Wildman–Crippen MR) is 129 cm³/mol. The molecule has 34 heavy (non-hydrogen) atoms. The Hall–Kier alpha value is -2.31. The fourth-order valence-corrected chi connectivity index (χ4v) is 5.33. The number of hydrogen-bond acceptors (Lipinski definition) is 3. The van der Waals surface area contributed by atoms with Gasteiger partial charge in [-0.25, -0.2) is 13.2 Å². The third-order valence-corrected chi connectivity index (χ3v) is 6.79. The lowest BCUT2D eigenvalue weighted by atomic mass is 9.84. The summed E-state index contributed by atoms with van der Waals surface area (Å²) in [6, 6.07) is 9.81. The van der Waals surface area contributed by atoms with Crippen LogP contribution in [0.25, 0.3) is 5.57 Å². The van der Waals surface area contributed by atoms with E-state index in [9.17, 15) is 4.39 Å². The van der Waals surface area contributed by atoms with Gasteiger partial charge < -0.3 is 9.84 Å². The summed E-state index contributed by atoms with van der Waals surface area (Å²) in [5.41, 5.74) is 2.82. The van der Waals surface area contributed by atoms with Crippen molar-refractivity contribution in [3.8, 4) is 5.75 Å². The van der Waals surface area contributed by atoms with Crippen LogP contribution >= 0.6 is 0 Å². The van der Waals surface area contributed by atoms with Crippen LogP contribution in [0.1, 0.15) is 69.2 Å². The second kappa shape index (κ2) is 10.1. The van der Waals surface area contributed by atoms with Crippen LogP contribution in [0.15, 0.2) is 42.0 Å². The van der Waals surface area contributed by atoms with Gasteiger partial charge in [-0.15, -0.1) is 0 Å². The van der Waals surface area contributed by atoms with E-state index < -0.39 is 23.3 Å². The molecule has 2 aromatic carbocycles. The molecular formula is C28H34F3NO2. The van der Waals surface area contributed by atoms with E-state index in [0.29, 0.717) is 25.9 Å². The molecule has 0 spiro atoms. The van der Waals surface area contributed by atoms with Gasteiger partial charge in [-0.1, -0.05) is 24.3 Å². The van der Waals surface area contributed by atoms with Gasteiger partial charge in [0.2, 0.25) is 0 Å². The van der Waals surface area contributed by atoms with E-state index in [0.717, 1.165) is 35.1 Å². The Morgan fingerprint density at radius 3 is 2.47 bits per heavy atom. The molecule has 0 aromatic heterocycles. The molecule has 1 N–H and O–H groups in total. The summed E-state index contributed by atoms with van der Waals surface area (Å²) < 4.78 is 51.5. The highest BCUT2D eigenvalue weighted by molar-refractivity contribution is 5.79. The Kier molecular flexibility index (Phi) is 7.39. The highest BCUT2D eigenvalue weighted by Gasteiger charge is 2.42. The number of aliphatic hydroxyl groups excluding tert-OH is 1. The molecule has 0 bridgehead atoms. The predicted octanol–water partition coefficient (Wildman–Crippen LogP) is 6.40. The number of alkyl halides is 1. The number of halogens is 3. The summed E-state index contributed by atoms with van der Waals surface area (Å²) in [6.45, 7) is 5.53. The van der Waals surface area contributed by atoms with E-state index in [2.05, 4.69) is 12.1 Å². The molecule has 2 aromatic rings. The van der Waals surface area contributed by atoms with Crippen LogP contribution in [0, 0.1) is 11.6 Å². The molecule has 1 heterocycles. The van der Waals surface area contributed by atoms with Crippen LogP contribution in [0.4, 0.5) is 13.2 Å². The molecule has 184 valence electrons. The number of hydrogen-bond donors (Lipinski definition) is 1. The van der Waals surface area contributed by atoms with Gasteiger partial charge in [-0.05, 0) is 75.1 Å². The van der Waals surface area contributed by atoms with Crippen molar-refractivity contribution in [2.45, 2.75) is 70.6 Å². The molecule has 0 amide bonds. The van der Waals surface area contributed by atoms with Crippen LogP contribution in [0.3, 0.4) is 0 Å².